The highest BCUT2D eigenvalue weighted by Gasteiger charge is 2.32. The average Bonchev–Trinajstić information content (AvgIpc) is 2.99. The van der Waals surface area contributed by atoms with E-state index in [1.807, 2.05) is 13.8 Å². The number of carbonyl (C=O) groups is 1. The number of rotatable bonds is 5. The van der Waals surface area contributed by atoms with Crippen molar-refractivity contribution in [1.29, 1.82) is 0 Å². The number of carbonyl (C=O) groups excluding carboxylic acids is 1. The van der Waals surface area contributed by atoms with Gasteiger partial charge in [0.25, 0.3) is 0 Å². The van der Waals surface area contributed by atoms with E-state index in [4.69, 9.17) is 6.42 Å². The Morgan fingerprint density at radius 3 is 2.71 bits per heavy atom. The second kappa shape index (κ2) is 5.05. The highest BCUT2D eigenvalue weighted by atomic mass is 16.1. The molecule has 1 amide bonds. The molecule has 1 aliphatic rings. The molecule has 0 radical (unpaired) electrons. The fourth-order valence-corrected chi connectivity index (χ4v) is 1.58. The molecule has 1 fully saturated rings. The maximum absolute atomic E-state index is 11.7. The van der Waals surface area contributed by atoms with Crippen LogP contribution in [-0.4, -0.2) is 11.9 Å². The molecule has 1 saturated carbocycles. The molecule has 1 aliphatic carbocycles. The zero-order chi connectivity index (χ0) is 10.6. The van der Waals surface area contributed by atoms with E-state index in [9.17, 15) is 4.79 Å². The first-order chi connectivity index (χ1) is 6.69. The second-order valence-electron chi connectivity index (χ2n) is 4.15. The predicted molar refractivity (Wildman–Crippen MR) is 57.6 cm³/mol. The molecule has 0 saturated heterocycles. The summed E-state index contributed by atoms with van der Waals surface area (Å²) >= 11 is 0. The summed E-state index contributed by atoms with van der Waals surface area (Å²) in [5, 5.41) is 3.01. The van der Waals surface area contributed by atoms with Gasteiger partial charge in [-0.05, 0) is 25.2 Å². The van der Waals surface area contributed by atoms with Crippen molar-refractivity contribution in [2.45, 2.75) is 45.6 Å². The molecule has 0 bridgehead atoms. The summed E-state index contributed by atoms with van der Waals surface area (Å²) in [6.07, 6.45) is 9.19. The third kappa shape index (κ3) is 3.06. The predicted octanol–water partition coefficient (Wildman–Crippen LogP) is 1.95. The van der Waals surface area contributed by atoms with Crippen LogP contribution in [-0.2, 0) is 4.79 Å². The Bertz CT molecular complexity index is 237. The zero-order valence-electron chi connectivity index (χ0n) is 9.05. The van der Waals surface area contributed by atoms with Crippen molar-refractivity contribution in [2.75, 3.05) is 0 Å². The Labute approximate surface area is 86.5 Å². The van der Waals surface area contributed by atoms with Crippen LogP contribution in [0.25, 0.3) is 0 Å². The second-order valence-corrected chi connectivity index (χ2v) is 4.15. The van der Waals surface area contributed by atoms with E-state index in [2.05, 4.69) is 11.2 Å². The van der Waals surface area contributed by atoms with E-state index < -0.39 is 0 Å². The third-order valence-electron chi connectivity index (χ3n) is 2.95. The Balaban J connectivity index is 2.33. The van der Waals surface area contributed by atoms with Gasteiger partial charge in [-0.2, -0.15) is 0 Å². The normalized spacial score (nSPS) is 19.5. The molecule has 0 aliphatic heterocycles. The van der Waals surface area contributed by atoms with E-state index in [1.54, 1.807) is 0 Å². The lowest BCUT2D eigenvalue weighted by molar-refractivity contribution is -0.125. The van der Waals surface area contributed by atoms with Gasteiger partial charge in [0.2, 0.25) is 5.91 Å². The van der Waals surface area contributed by atoms with Crippen LogP contribution in [0.3, 0.4) is 0 Å². The molecule has 78 valence electrons. The number of nitrogens with one attached hydrogen (secondary N) is 1. The van der Waals surface area contributed by atoms with Gasteiger partial charge in [0.05, 0.1) is 0 Å². The third-order valence-corrected chi connectivity index (χ3v) is 2.95. The molecular formula is C12H19NO. The monoisotopic (exact) mass is 193 g/mol. The quantitative estimate of drug-likeness (QED) is 0.664. The molecule has 0 aromatic rings. The van der Waals surface area contributed by atoms with E-state index in [1.165, 1.54) is 12.8 Å². The van der Waals surface area contributed by atoms with Crippen LogP contribution in [0.1, 0.15) is 39.5 Å². The summed E-state index contributed by atoms with van der Waals surface area (Å²) in [7, 11) is 0. The van der Waals surface area contributed by atoms with Crippen molar-refractivity contribution in [3.8, 4) is 12.3 Å². The van der Waals surface area contributed by atoms with Crippen LogP contribution >= 0.6 is 0 Å². The Morgan fingerprint density at radius 2 is 2.29 bits per heavy atom. The van der Waals surface area contributed by atoms with Crippen molar-refractivity contribution >= 4 is 5.91 Å². The van der Waals surface area contributed by atoms with Crippen LogP contribution in [0, 0.1) is 24.2 Å². The average molecular weight is 193 g/mol. The van der Waals surface area contributed by atoms with Crippen molar-refractivity contribution in [3.05, 3.63) is 0 Å². The maximum Gasteiger partial charge on any atom is 0.223 e. The fourth-order valence-electron chi connectivity index (χ4n) is 1.58. The number of amides is 1. The number of terminal acetylenes is 1. The standard InChI is InChI=1S/C12H19NO/c1-4-6-11(5-2)13-12(14)9(3)10-7-8-10/h1,9-11H,5-8H2,2-3H3,(H,13,14). The molecule has 2 heteroatoms. The van der Waals surface area contributed by atoms with E-state index in [0.29, 0.717) is 12.3 Å². The van der Waals surface area contributed by atoms with Gasteiger partial charge in [-0.3, -0.25) is 4.79 Å². The fraction of sp³-hybridized carbons (Fsp3) is 0.750. The van der Waals surface area contributed by atoms with E-state index in [-0.39, 0.29) is 17.9 Å². The first-order valence-corrected chi connectivity index (χ1v) is 5.42. The first-order valence-electron chi connectivity index (χ1n) is 5.42. The van der Waals surface area contributed by atoms with Crippen LogP contribution in [0.15, 0.2) is 0 Å². The van der Waals surface area contributed by atoms with Crippen LogP contribution in [0.2, 0.25) is 0 Å². The van der Waals surface area contributed by atoms with Crippen LogP contribution in [0.5, 0.6) is 0 Å². The van der Waals surface area contributed by atoms with E-state index >= 15 is 0 Å². The molecule has 2 atom stereocenters. The molecule has 0 spiro atoms. The largest absolute Gasteiger partial charge is 0.352 e. The molecule has 0 aromatic carbocycles. The van der Waals surface area contributed by atoms with Gasteiger partial charge >= 0.3 is 0 Å². The summed E-state index contributed by atoms with van der Waals surface area (Å²) in [6.45, 7) is 4.06. The Hall–Kier alpha value is -0.970. The Kier molecular flexibility index (Phi) is 4.00. The molecule has 1 rings (SSSR count). The van der Waals surface area contributed by atoms with Gasteiger partial charge in [-0.1, -0.05) is 13.8 Å². The summed E-state index contributed by atoms with van der Waals surface area (Å²) in [6, 6.07) is 0.161. The molecular weight excluding hydrogens is 174 g/mol. The van der Waals surface area contributed by atoms with Gasteiger partial charge in [0, 0.05) is 18.4 Å². The summed E-state index contributed by atoms with van der Waals surface area (Å²) in [5.74, 6) is 3.56. The van der Waals surface area contributed by atoms with Gasteiger partial charge < -0.3 is 5.32 Å². The van der Waals surface area contributed by atoms with Gasteiger partial charge in [0.15, 0.2) is 0 Å². The molecule has 2 nitrogen and oxygen atoms in total. The minimum absolute atomic E-state index is 0.161. The molecule has 2 unspecified atom stereocenters. The smallest absolute Gasteiger partial charge is 0.223 e. The summed E-state index contributed by atoms with van der Waals surface area (Å²) < 4.78 is 0. The van der Waals surface area contributed by atoms with Crippen molar-refractivity contribution in [2.24, 2.45) is 11.8 Å². The summed E-state index contributed by atoms with van der Waals surface area (Å²) in [5.41, 5.74) is 0. The van der Waals surface area contributed by atoms with Crippen molar-refractivity contribution in [1.82, 2.24) is 5.32 Å². The van der Waals surface area contributed by atoms with Gasteiger partial charge in [-0.15, -0.1) is 12.3 Å². The zero-order valence-corrected chi connectivity index (χ0v) is 9.05. The Morgan fingerprint density at radius 1 is 1.64 bits per heavy atom. The topological polar surface area (TPSA) is 29.1 Å². The number of hydrogen-bond acceptors (Lipinski definition) is 1. The number of hydrogen-bond donors (Lipinski definition) is 1. The summed E-state index contributed by atoms with van der Waals surface area (Å²) in [4.78, 5) is 11.7. The minimum atomic E-state index is 0.161. The van der Waals surface area contributed by atoms with Crippen LogP contribution in [0.4, 0.5) is 0 Å². The van der Waals surface area contributed by atoms with Gasteiger partial charge in [-0.25, -0.2) is 0 Å². The minimum Gasteiger partial charge on any atom is -0.352 e. The molecule has 0 heterocycles. The lowest BCUT2D eigenvalue weighted by Crippen LogP contribution is -2.38. The maximum atomic E-state index is 11.7. The highest BCUT2D eigenvalue weighted by Crippen LogP contribution is 2.36. The molecule has 14 heavy (non-hydrogen) atoms. The van der Waals surface area contributed by atoms with Crippen molar-refractivity contribution in [3.63, 3.8) is 0 Å². The van der Waals surface area contributed by atoms with Crippen LogP contribution < -0.4 is 5.32 Å². The lowest BCUT2D eigenvalue weighted by Gasteiger charge is -2.17. The van der Waals surface area contributed by atoms with E-state index in [0.717, 1.165) is 6.42 Å². The van der Waals surface area contributed by atoms with Gasteiger partial charge in [0.1, 0.15) is 0 Å². The molecule has 0 aromatic heterocycles. The first kappa shape index (κ1) is 11.1. The highest BCUT2D eigenvalue weighted by molar-refractivity contribution is 5.79. The molecule has 1 N–H and O–H groups in total. The lowest BCUT2D eigenvalue weighted by atomic mass is 10.0. The van der Waals surface area contributed by atoms with Crippen molar-refractivity contribution < 1.29 is 4.79 Å². The SMILES string of the molecule is C#CCC(CC)NC(=O)C(C)C1CC1.